The second-order valence-corrected chi connectivity index (χ2v) is 7.41. The van der Waals surface area contributed by atoms with Crippen molar-refractivity contribution in [3.05, 3.63) is 74.2 Å². The number of aryl methyl sites for hydroxylation is 1. The lowest BCUT2D eigenvalue weighted by molar-refractivity contribution is -0.385. The number of thioether (sulfide) groups is 1. The number of nitro benzene ring substituents is 1. The van der Waals surface area contributed by atoms with Crippen LogP contribution in [0, 0.1) is 17.0 Å². The highest BCUT2D eigenvalue weighted by Gasteiger charge is 2.32. The molecule has 0 saturated carbocycles. The average molecular weight is 425 g/mol. The maximum absolute atomic E-state index is 12.8. The number of esters is 1. The molecule has 2 aromatic rings. The highest BCUT2D eigenvalue weighted by atomic mass is 32.2. The Morgan fingerprint density at radius 1 is 1.30 bits per heavy atom. The number of carbonyl (C=O) groups is 2. The van der Waals surface area contributed by atoms with Gasteiger partial charge in [0.1, 0.15) is 0 Å². The number of ether oxygens (including phenoxy) is 1. The van der Waals surface area contributed by atoms with Crippen molar-refractivity contribution in [3.63, 3.8) is 0 Å². The number of hydrogen-bond acceptors (Lipinski definition) is 7. The van der Waals surface area contributed by atoms with Gasteiger partial charge in [0.15, 0.2) is 5.17 Å². The number of nitrogens with zero attached hydrogens (tertiary/aromatic N) is 3. The Bertz CT molecular complexity index is 1090. The Kier molecular flexibility index (Phi) is 6.31. The van der Waals surface area contributed by atoms with Crippen LogP contribution < -0.4 is 0 Å². The molecule has 30 heavy (non-hydrogen) atoms. The molecule has 0 bridgehead atoms. The minimum atomic E-state index is -0.471. The van der Waals surface area contributed by atoms with Crippen LogP contribution in [0.4, 0.5) is 11.4 Å². The van der Waals surface area contributed by atoms with Crippen LogP contribution in [0.5, 0.6) is 0 Å². The minimum absolute atomic E-state index is 0.000610. The topological polar surface area (TPSA) is 102 Å². The van der Waals surface area contributed by atoms with Crippen LogP contribution in [0.2, 0.25) is 0 Å². The van der Waals surface area contributed by atoms with E-state index in [2.05, 4.69) is 4.99 Å². The van der Waals surface area contributed by atoms with Crippen molar-refractivity contribution < 1.29 is 19.2 Å². The third kappa shape index (κ3) is 4.41. The Morgan fingerprint density at radius 3 is 2.73 bits per heavy atom. The summed E-state index contributed by atoms with van der Waals surface area (Å²) in [6.07, 6.45) is 1.62. The fraction of sp³-hybridized carbons (Fsp3) is 0.190. The van der Waals surface area contributed by atoms with Crippen molar-refractivity contribution in [1.29, 1.82) is 0 Å². The highest BCUT2D eigenvalue weighted by Crippen LogP contribution is 2.34. The maximum atomic E-state index is 12.8. The fourth-order valence-corrected chi connectivity index (χ4v) is 3.93. The van der Waals surface area contributed by atoms with E-state index >= 15 is 0 Å². The Labute approximate surface area is 177 Å². The minimum Gasteiger partial charge on any atom is -0.465 e. The largest absolute Gasteiger partial charge is 0.465 e. The molecule has 9 heteroatoms. The number of nitro groups is 1. The van der Waals surface area contributed by atoms with E-state index in [0.717, 1.165) is 0 Å². The summed E-state index contributed by atoms with van der Waals surface area (Å²) in [6, 6.07) is 11.4. The van der Waals surface area contributed by atoms with E-state index in [4.69, 9.17) is 4.74 Å². The lowest BCUT2D eigenvalue weighted by Gasteiger charge is -2.12. The Morgan fingerprint density at radius 2 is 2.07 bits per heavy atom. The monoisotopic (exact) mass is 425 g/mol. The van der Waals surface area contributed by atoms with Gasteiger partial charge in [-0.1, -0.05) is 18.2 Å². The smallest absolute Gasteiger partial charge is 0.337 e. The van der Waals surface area contributed by atoms with Crippen molar-refractivity contribution in [3.8, 4) is 0 Å². The third-order valence-electron chi connectivity index (χ3n) is 4.42. The van der Waals surface area contributed by atoms with Gasteiger partial charge in [-0.2, -0.15) is 0 Å². The first-order chi connectivity index (χ1) is 14.3. The number of rotatable bonds is 5. The van der Waals surface area contributed by atoms with Gasteiger partial charge in [-0.15, -0.1) is 0 Å². The first kappa shape index (κ1) is 21.3. The second kappa shape index (κ2) is 8.91. The predicted molar refractivity (Wildman–Crippen MR) is 116 cm³/mol. The van der Waals surface area contributed by atoms with Crippen molar-refractivity contribution in [1.82, 2.24) is 4.90 Å². The van der Waals surface area contributed by atoms with Gasteiger partial charge in [0, 0.05) is 18.2 Å². The van der Waals surface area contributed by atoms with Crippen molar-refractivity contribution in [2.45, 2.75) is 13.8 Å². The van der Waals surface area contributed by atoms with Crippen molar-refractivity contribution in [2.75, 3.05) is 13.7 Å². The molecule has 0 aliphatic carbocycles. The summed E-state index contributed by atoms with van der Waals surface area (Å²) in [6.45, 7) is 3.90. The number of amides is 1. The zero-order valence-corrected chi connectivity index (χ0v) is 17.4. The molecular formula is C21H19N3O5S. The average Bonchev–Trinajstić information content (AvgIpc) is 3.02. The quantitative estimate of drug-likeness (QED) is 0.306. The highest BCUT2D eigenvalue weighted by molar-refractivity contribution is 8.18. The Balaban J connectivity index is 1.95. The van der Waals surface area contributed by atoms with E-state index in [9.17, 15) is 19.7 Å². The first-order valence-electron chi connectivity index (χ1n) is 9.07. The summed E-state index contributed by atoms with van der Waals surface area (Å²) in [5.41, 5.74) is 1.99. The number of aliphatic imine (C=N–C) groups is 1. The van der Waals surface area contributed by atoms with Crippen LogP contribution in [0.25, 0.3) is 6.08 Å². The lowest BCUT2D eigenvalue weighted by atomic mass is 10.1. The molecule has 2 aromatic carbocycles. The number of methoxy groups -OCH3 is 1. The molecule has 154 valence electrons. The number of carbonyl (C=O) groups excluding carboxylic acids is 2. The standard InChI is InChI=1S/C21H19N3O5S/c1-4-23-19(25)18(11-14-9-8-13(2)17(10-14)24(27)28)30-21(23)22-16-7-5-6-15(12-16)20(26)29-3/h5-12H,4H2,1-3H3. The summed E-state index contributed by atoms with van der Waals surface area (Å²) in [5, 5.41) is 11.6. The molecule has 1 saturated heterocycles. The Hall–Kier alpha value is -3.46. The van der Waals surface area contributed by atoms with E-state index < -0.39 is 10.9 Å². The molecule has 8 nitrogen and oxygen atoms in total. The maximum Gasteiger partial charge on any atom is 0.337 e. The second-order valence-electron chi connectivity index (χ2n) is 6.40. The summed E-state index contributed by atoms with van der Waals surface area (Å²) in [4.78, 5) is 41.7. The zero-order chi connectivity index (χ0) is 21.8. The molecule has 3 rings (SSSR count). The predicted octanol–water partition coefficient (Wildman–Crippen LogP) is 4.31. The van der Waals surface area contributed by atoms with Crippen LogP contribution in [-0.4, -0.2) is 40.5 Å². The van der Waals surface area contributed by atoms with Crippen molar-refractivity contribution in [2.24, 2.45) is 4.99 Å². The fourth-order valence-electron chi connectivity index (χ4n) is 2.87. The summed E-state index contributed by atoms with van der Waals surface area (Å²) >= 11 is 1.18. The molecule has 0 N–H and O–H groups in total. The van der Waals surface area contributed by atoms with Gasteiger partial charge >= 0.3 is 5.97 Å². The van der Waals surface area contributed by atoms with Gasteiger partial charge in [-0.25, -0.2) is 9.79 Å². The molecular weight excluding hydrogens is 406 g/mol. The van der Waals surface area contributed by atoms with Crippen LogP contribution in [0.3, 0.4) is 0 Å². The van der Waals surface area contributed by atoms with E-state index in [-0.39, 0.29) is 11.6 Å². The van der Waals surface area contributed by atoms with Crippen molar-refractivity contribution >= 4 is 46.3 Å². The molecule has 0 unspecified atom stereocenters. The molecule has 0 aromatic heterocycles. The number of hydrogen-bond donors (Lipinski definition) is 0. The van der Waals surface area contributed by atoms with E-state index in [0.29, 0.717) is 39.0 Å². The van der Waals surface area contributed by atoms with E-state index in [1.54, 1.807) is 49.4 Å². The molecule has 0 radical (unpaired) electrons. The first-order valence-corrected chi connectivity index (χ1v) is 9.89. The number of amidine groups is 1. The molecule has 0 atom stereocenters. The van der Waals surface area contributed by atoms with E-state index in [1.807, 2.05) is 6.92 Å². The normalized spacial score (nSPS) is 16.4. The summed E-state index contributed by atoms with van der Waals surface area (Å²) < 4.78 is 4.72. The van der Waals surface area contributed by atoms with Gasteiger partial charge in [0.2, 0.25) is 0 Å². The molecule has 1 heterocycles. The van der Waals surface area contributed by atoms with Gasteiger partial charge in [0.05, 0.1) is 28.2 Å². The number of likely N-dealkylation sites (N-methyl/N-ethyl adjacent to an activating group) is 1. The third-order valence-corrected chi connectivity index (χ3v) is 5.43. The summed E-state index contributed by atoms with van der Waals surface area (Å²) in [7, 11) is 1.30. The van der Waals surface area contributed by atoms with E-state index in [1.165, 1.54) is 29.8 Å². The van der Waals surface area contributed by atoms with Crippen LogP contribution in [-0.2, 0) is 9.53 Å². The van der Waals surface area contributed by atoms with Gasteiger partial charge in [-0.05, 0) is 55.4 Å². The van der Waals surface area contributed by atoms with Crippen LogP contribution in [0.15, 0.2) is 52.4 Å². The molecule has 1 aliphatic heterocycles. The zero-order valence-electron chi connectivity index (χ0n) is 16.6. The lowest BCUT2D eigenvalue weighted by Crippen LogP contribution is -2.28. The number of benzene rings is 2. The van der Waals surface area contributed by atoms with Gasteiger partial charge < -0.3 is 4.74 Å². The van der Waals surface area contributed by atoms with Gasteiger partial charge in [-0.3, -0.25) is 19.8 Å². The van der Waals surface area contributed by atoms with Gasteiger partial charge in [0.25, 0.3) is 11.6 Å². The molecule has 1 aliphatic rings. The molecule has 0 spiro atoms. The molecule has 1 fully saturated rings. The summed E-state index contributed by atoms with van der Waals surface area (Å²) in [5.74, 6) is -0.699. The van der Waals surface area contributed by atoms with Crippen LogP contribution >= 0.6 is 11.8 Å². The molecule has 1 amide bonds. The van der Waals surface area contributed by atoms with Crippen LogP contribution in [0.1, 0.15) is 28.4 Å². The SMILES string of the molecule is CCN1C(=O)C(=Cc2ccc(C)c([N+](=O)[O-])c2)SC1=Nc1cccc(C(=O)OC)c1.